The summed E-state index contributed by atoms with van der Waals surface area (Å²) in [5.41, 5.74) is 2.15. The van der Waals surface area contributed by atoms with Gasteiger partial charge in [-0.2, -0.15) is 0 Å². The van der Waals surface area contributed by atoms with Gasteiger partial charge in [0.25, 0.3) is 0 Å². The molecule has 120 valence electrons. The third-order valence-corrected chi connectivity index (χ3v) is 4.30. The van der Waals surface area contributed by atoms with Crippen molar-refractivity contribution in [2.75, 3.05) is 6.61 Å². The third kappa shape index (κ3) is 4.30. The highest BCUT2D eigenvalue weighted by Gasteiger charge is 2.28. The number of benzene rings is 2. The summed E-state index contributed by atoms with van der Waals surface area (Å²) in [6, 6.07) is 18.0. The smallest absolute Gasteiger partial charge is 0.111 e. The second kappa shape index (κ2) is 7.88. The Labute approximate surface area is 144 Å². The second-order valence-corrected chi connectivity index (χ2v) is 6.39. The summed E-state index contributed by atoms with van der Waals surface area (Å²) in [6.07, 6.45) is 3.22. The van der Waals surface area contributed by atoms with Crippen molar-refractivity contribution in [2.24, 2.45) is 0 Å². The Morgan fingerprint density at radius 3 is 2.61 bits per heavy atom. The number of aliphatic hydroxyl groups is 1. The van der Waals surface area contributed by atoms with E-state index in [1.165, 1.54) is 0 Å². The average molecular weight is 375 g/mol. The van der Waals surface area contributed by atoms with Crippen LogP contribution in [0.5, 0.6) is 0 Å². The van der Waals surface area contributed by atoms with Gasteiger partial charge < -0.3 is 14.6 Å². The molecule has 0 fully saturated rings. The van der Waals surface area contributed by atoms with Gasteiger partial charge in [0.15, 0.2) is 0 Å². The number of halogens is 1. The Bertz CT molecular complexity index is 657. The fourth-order valence-electron chi connectivity index (χ4n) is 2.61. The van der Waals surface area contributed by atoms with E-state index in [1.54, 1.807) is 0 Å². The number of hydrogen-bond acceptors (Lipinski definition) is 3. The lowest BCUT2D eigenvalue weighted by Crippen LogP contribution is -2.37. The Kier molecular flexibility index (Phi) is 5.62. The fraction of sp³-hybridized carbons (Fsp3) is 0.263. The van der Waals surface area contributed by atoms with E-state index in [9.17, 15) is 5.11 Å². The summed E-state index contributed by atoms with van der Waals surface area (Å²) in [7, 11) is 0. The van der Waals surface area contributed by atoms with Gasteiger partial charge in [-0.25, -0.2) is 0 Å². The normalized spacial score (nSPS) is 23.8. The van der Waals surface area contributed by atoms with Crippen LogP contribution in [-0.2, 0) is 16.1 Å². The Morgan fingerprint density at radius 1 is 1.04 bits per heavy atom. The standard InChI is InChI=1S/C19H19BrO3/c20-16-8-4-5-14(11-16)13-22-18-10-9-17(23-19(18)12-21)15-6-2-1-3-7-15/h1-11,17-19,21H,12-13H2/t17-,18+,19+/m0/s1. The molecular weight excluding hydrogens is 356 g/mol. The second-order valence-electron chi connectivity index (χ2n) is 5.48. The van der Waals surface area contributed by atoms with E-state index in [2.05, 4.69) is 15.9 Å². The molecule has 2 aromatic carbocycles. The van der Waals surface area contributed by atoms with E-state index < -0.39 is 0 Å². The van der Waals surface area contributed by atoms with Crippen molar-refractivity contribution in [1.82, 2.24) is 0 Å². The Hall–Kier alpha value is -1.46. The number of aliphatic hydroxyl groups excluding tert-OH is 1. The molecule has 1 aliphatic rings. The maximum Gasteiger partial charge on any atom is 0.111 e. The number of hydrogen-bond donors (Lipinski definition) is 1. The van der Waals surface area contributed by atoms with Gasteiger partial charge in [-0.05, 0) is 23.3 Å². The Balaban J connectivity index is 1.66. The van der Waals surface area contributed by atoms with Crippen molar-refractivity contribution < 1.29 is 14.6 Å². The van der Waals surface area contributed by atoms with Crippen LogP contribution >= 0.6 is 15.9 Å². The first-order chi connectivity index (χ1) is 11.3. The largest absolute Gasteiger partial charge is 0.394 e. The van der Waals surface area contributed by atoms with E-state index in [4.69, 9.17) is 9.47 Å². The van der Waals surface area contributed by atoms with Crippen molar-refractivity contribution in [3.63, 3.8) is 0 Å². The molecule has 1 N–H and O–H groups in total. The topological polar surface area (TPSA) is 38.7 Å². The molecule has 0 aliphatic carbocycles. The van der Waals surface area contributed by atoms with Gasteiger partial charge >= 0.3 is 0 Å². The third-order valence-electron chi connectivity index (χ3n) is 3.80. The molecule has 0 bridgehead atoms. The number of ether oxygens (including phenoxy) is 2. The number of rotatable bonds is 5. The van der Waals surface area contributed by atoms with E-state index in [0.717, 1.165) is 15.6 Å². The fourth-order valence-corrected chi connectivity index (χ4v) is 3.05. The highest BCUT2D eigenvalue weighted by molar-refractivity contribution is 9.10. The molecule has 2 aromatic rings. The zero-order valence-corrected chi connectivity index (χ0v) is 14.2. The lowest BCUT2D eigenvalue weighted by Gasteiger charge is -2.31. The molecular formula is C19H19BrO3. The molecule has 3 atom stereocenters. The van der Waals surface area contributed by atoms with Crippen LogP contribution in [0.25, 0.3) is 0 Å². The van der Waals surface area contributed by atoms with Crippen LogP contribution in [0.4, 0.5) is 0 Å². The average Bonchev–Trinajstić information content (AvgIpc) is 2.60. The summed E-state index contributed by atoms with van der Waals surface area (Å²) >= 11 is 3.45. The zero-order chi connectivity index (χ0) is 16.1. The molecule has 3 rings (SSSR count). The van der Waals surface area contributed by atoms with Crippen LogP contribution in [0.3, 0.4) is 0 Å². The minimum Gasteiger partial charge on any atom is -0.394 e. The molecule has 23 heavy (non-hydrogen) atoms. The molecule has 1 aliphatic heterocycles. The molecule has 0 amide bonds. The van der Waals surface area contributed by atoms with Crippen LogP contribution < -0.4 is 0 Å². The molecule has 1 heterocycles. The lowest BCUT2D eigenvalue weighted by molar-refractivity contribution is -0.107. The molecule has 3 nitrogen and oxygen atoms in total. The summed E-state index contributed by atoms with van der Waals surface area (Å²) in [6.45, 7) is 0.404. The van der Waals surface area contributed by atoms with E-state index >= 15 is 0 Å². The van der Waals surface area contributed by atoms with Gasteiger partial charge in [0.05, 0.1) is 13.2 Å². The molecule has 4 heteroatoms. The minimum absolute atomic E-state index is 0.0726. The van der Waals surface area contributed by atoms with E-state index in [0.29, 0.717) is 6.61 Å². The molecule has 0 aromatic heterocycles. The van der Waals surface area contributed by atoms with Crippen LogP contribution in [0.2, 0.25) is 0 Å². The highest BCUT2D eigenvalue weighted by Crippen LogP contribution is 2.27. The summed E-state index contributed by atoms with van der Waals surface area (Å²) in [5, 5.41) is 9.62. The van der Waals surface area contributed by atoms with Crippen molar-refractivity contribution in [3.8, 4) is 0 Å². The first-order valence-electron chi connectivity index (χ1n) is 7.62. The predicted molar refractivity (Wildman–Crippen MR) is 93.0 cm³/mol. The maximum atomic E-state index is 9.62. The van der Waals surface area contributed by atoms with Gasteiger partial charge in [-0.3, -0.25) is 0 Å². The van der Waals surface area contributed by atoms with Crippen LogP contribution in [-0.4, -0.2) is 23.9 Å². The summed E-state index contributed by atoms with van der Waals surface area (Å²) in [4.78, 5) is 0. The zero-order valence-electron chi connectivity index (χ0n) is 12.6. The molecule has 0 saturated heterocycles. The van der Waals surface area contributed by atoms with Crippen molar-refractivity contribution in [2.45, 2.75) is 24.9 Å². The van der Waals surface area contributed by atoms with Crippen LogP contribution in [0.15, 0.2) is 71.2 Å². The van der Waals surface area contributed by atoms with E-state index in [1.807, 2.05) is 66.7 Å². The van der Waals surface area contributed by atoms with Crippen molar-refractivity contribution in [1.29, 1.82) is 0 Å². The first kappa shape index (κ1) is 16.4. The monoisotopic (exact) mass is 374 g/mol. The van der Waals surface area contributed by atoms with Gasteiger partial charge in [0.1, 0.15) is 18.3 Å². The summed E-state index contributed by atoms with van der Waals surface area (Å²) < 4.78 is 12.9. The van der Waals surface area contributed by atoms with Crippen LogP contribution in [0.1, 0.15) is 17.2 Å². The van der Waals surface area contributed by atoms with Gasteiger partial charge in [-0.1, -0.05) is 70.5 Å². The maximum absolute atomic E-state index is 9.62. The first-order valence-corrected chi connectivity index (χ1v) is 8.41. The lowest BCUT2D eigenvalue weighted by atomic mass is 10.0. The summed E-state index contributed by atoms with van der Waals surface area (Å²) in [5.74, 6) is 0. The quantitative estimate of drug-likeness (QED) is 0.803. The molecule has 0 radical (unpaired) electrons. The van der Waals surface area contributed by atoms with E-state index in [-0.39, 0.29) is 24.9 Å². The Morgan fingerprint density at radius 2 is 1.87 bits per heavy atom. The molecule has 0 unspecified atom stereocenters. The van der Waals surface area contributed by atoms with Gasteiger partial charge in [0.2, 0.25) is 0 Å². The van der Waals surface area contributed by atoms with Crippen LogP contribution in [0, 0.1) is 0 Å². The van der Waals surface area contributed by atoms with Crippen molar-refractivity contribution >= 4 is 15.9 Å². The SMILES string of the molecule is OC[C@H]1O[C@H](c2ccccc2)C=C[C@H]1OCc1cccc(Br)c1. The van der Waals surface area contributed by atoms with Crippen molar-refractivity contribution in [3.05, 3.63) is 82.3 Å². The van der Waals surface area contributed by atoms with Gasteiger partial charge in [0, 0.05) is 4.47 Å². The van der Waals surface area contributed by atoms with Gasteiger partial charge in [-0.15, -0.1) is 0 Å². The highest BCUT2D eigenvalue weighted by atomic mass is 79.9. The molecule has 0 spiro atoms. The predicted octanol–water partition coefficient (Wildman–Crippen LogP) is 4.02. The molecule has 0 saturated carbocycles. The minimum atomic E-state index is -0.364.